The minimum Gasteiger partial charge on any atom is -0.331 e. The lowest BCUT2D eigenvalue weighted by Crippen LogP contribution is -2.29. The summed E-state index contributed by atoms with van der Waals surface area (Å²) in [6.07, 6.45) is -1.58. The molecule has 134 valence electrons. The molecule has 0 bridgehead atoms. The Kier molecular flexibility index (Phi) is 4.90. The maximum Gasteiger partial charge on any atom is 0.471 e. The van der Waals surface area contributed by atoms with Crippen molar-refractivity contribution < 1.29 is 18.0 Å². The molecule has 2 N–H and O–H groups in total. The topological polar surface area (TPSA) is 66.9 Å². The summed E-state index contributed by atoms with van der Waals surface area (Å²) in [6.45, 7) is 1.80. The van der Waals surface area contributed by atoms with Crippen molar-refractivity contribution in [1.82, 2.24) is 9.97 Å². The molecule has 0 unspecified atom stereocenters. The first-order valence-corrected chi connectivity index (χ1v) is 8.32. The van der Waals surface area contributed by atoms with Crippen LogP contribution < -0.4 is 10.6 Å². The van der Waals surface area contributed by atoms with Gasteiger partial charge >= 0.3 is 12.1 Å². The second-order valence-corrected chi connectivity index (χ2v) is 6.24. The molecule has 3 rings (SSSR count). The average Bonchev–Trinajstić information content (AvgIpc) is 3.06. The zero-order valence-corrected chi connectivity index (χ0v) is 14.3. The average molecular weight is 378 g/mol. The smallest absolute Gasteiger partial charge is 0.331 e. The van der Waals surface area contributed by atoms with Crippen molar-refractivity contribution in [3.8, 4) is 11.3 Å². The van der Waals surface area contributed by atoms with Gasteiger partial charge in [-0.1, -0.05) is 6.07 Å². The van der Waals surface area contributed by atoms with E-state index in [-0.39, 0.29) is 5.69 Å². The van der Waals surface area contributed by atoms with Crippen molar-refractivity contribution in [2.24, 2.45) is 0 Å². The van der Waals surface area contributed by atoms with Crippen molar-refractivity contribution in [1.29, 1.82) is 0 Å². The SMILES string of the molecule is Cc1ccc(NC(=O)C(F)(F)F)cc1Nc1nc(-c2cccnc2)cs1. The minimum absolute atomic E-state index is 0.0458. The fourth-order valence-electron chi connectivity index (χ4n) is 2.13. The van der Waals surface area contributed by atoms with Gasteiger partial charge in [0.05, 0.1) is 5.69 Å². The summed E-state index contributed by atoms with van der Waals surface area (Å²) >= 11 is 1.35. The van der Waals surface area contributed by atoms with E-state index in [1.165, 1.54) is 23.5 Å². The van der Waals surface area contributed by atoms with Crippen LogP contribution in [0.25, 0.3) is 11.3 Å². The van der Waals surface area contributed by atoms with E-state index in [0.717, 1.165) is 16.8 Å². The number of anilines is 3. The van der Waals surface area contributed by atoms with Crippen LogP contribution in [0.1, 0.15) is 5.56 Å². The van der Waals surface area contributed by atoms with Crippen LogP contribution in [0.15, 0.2) is 48.1 Å². The zero-order chi connectivity index (χ0) is 18.7. The van der Waals surface area contributed by atoms with E-state index in [0.29, 0.717) is 10.8 Å². The lowest BCUT2D eigenvalue weighted by atomic mass is 10.2. The zero-order valence-electron chi connectivity index (χ0n) is 13.5. The van der Waals surface area contributed by atoms with E-state index >= 15 is 0 Å². The molecule has 0 saturated carbocycles. The first-order valence-electron chi connectivity index (χ1n) is 7.45. The molecule has 0 saturated heterocycles. The van der Waals surface area contributed by atoms with Gasteiger partial charge in [0.1, 0.15) is 0 Å². The fourth-order valence-corrected chi connectivity index (χ4v) is 2.86. The van der Waals surface area contributed by atoms with Gasteiger partial charge in [-0.3, -0.25) is 9.78 Å². The van der Waals surface area contributed by atoms with Crippen LogP contribution in [0.5, 0.6) is 0 Å². The van der Waals surface area contributed by atoms with Crippen LogP contribution in [0, 0.1) is 6.92 Å². The molecular weight excluding hydrogens is 365 g/mol. The van der Waals surface area contributed by atoms with E-state index < -0.39 is 12.1 Å². The van der Waals surface area contributed by atoms with Gasteiger partial charge in [-0.2, -0.15) is 13.2 Å². The Morgan fingerprint density at radius 1 is 1.23 bits per heavy atom. The molecule has 1 aromatic carbocycles. The maximum atomic E-state index is 12.4. The Labute approximate surface area is 150 Å². The molecule has 0 atom stereocenters. The van der Waals surface area contributed by atoms with Gasteiger partial charge in [0.2, 0.25) is 0 Å². The molecule has 5 nitrogen and oxygen atoms in total. The Hall–Kier alpha value is -2.94. The number of nitrogens with one attached hydrogen (secondary N) is 2. The van der Waals surface area contributed by atoms with Gasteiger partial charge in [-0.05, 0) is 36.8 Å². The summed E-state index contributed by atoms with van der Waals surface area (Å²) in [7, 11) is 0. The number of alkyl halides is 3. The van der Waals surface area contributed by atoms with E-state index in [1.807, 2.05) is 16.8 Å². The number of amides is 1. The summed E-state index contributed by atoms with van der Waals surface area (Å²) in [5.74, 6) is -2.01. The van der Waals surface area contributed by atoms with Gasteiger partial charge in [-0.15, -0.1) is 11.3 Å². The van der Waals surface area contributed by atoms with Crippen LogP contribution in [0.4, 0.5) is 29.7 Å². The van der Waals surface area contributed by atoms with Crippen LogP contribution >= 0.6 is 11.3 Å². The number of thiazole rings is 1. The number of carbonyl (C=O) groups is 1. The standard InChI is InChI=1S/C17H13F3N4OS/c1-10-4-5-12(22-15(25)17(18,19)20)7-13(10)23-16-24-14(9-26-16)11-3-2-6-21-8-11/h2-9H,1H3,(H,22,25)(H,23,24). The normalized spacial score (nSPS) is 11.2. The Bertz CT molecular complexity index is 925. The number of hydrogen-bond acceptors (Lipinski definition) is 5. The minimum atomic E-state index is -4.94. The first-order chi connectivity index (χ1) is 12.3. The monoisotopic (exact) mass is 378 g/mol. The highest BCUT2D eigenvalue weighted by atomic mass is 32.1. The van der Waals surface area contributed by atoms with Crippen LogP contribution in [-0.2, 0) is 4.79 Å². The van der Waals surface area contributed by atoms with E-state index in [9.17, 15) is 18.0 Å². The quantitative estimate of drug-likeness (QED) is 0.687. The Balaban J connectivity index is 1.79. The third-order valence-electron chi connectivity index (χ3n) is 3.46. The highest BCUT2D eigenvalue weighted by molar-refractivity contribution is 7.14. The molecule has 26 heavy (non-hydrogen) atoms. The van der Waals surface area contributed by atoms with Crippen molar-refractivity contribution >= 4 is 33.8 Å². The van der Waals surface area contributed by atoms with Crippen molar-refractivity contribution in [2.45, 2.75) is 13.1 Å². The van der Waals surface area contributed by atoms with Crippen LogP contribution in [-0.4, -0.2) is 22.1 Å². The Morgan fingerprint density at radius 2 is 2.04 bits per heavy atom. The van der Waals surface area contributed by atoms with E-state index in [2.05, 4.69) is 15.3 Å². The third-order valence-corrected chi connectivity index (χ3v) is 4.21. The number of hydrogen-bond donors (Lipinski definition) is 2. The molecule has 0 radical (unpaired) electrons. The number of aryl methyl sites for hydroxylation is 1. The van der Waals surface area contributed by atoms with E-state index in [1.54, 1.807) is 31.5 Å². The number of carbonyl (C=O) groups excluding carboxylic acids is 1. The van der Waals surface area contributed by atoms with Gasteiger partial charge in [0.15, 0.2) is 5.13 Å². The lowest BCUT2D eigenvalue weighted by molar-refractivity contribution is -0.167. The summed E-state index contributed by atoms with van der Waals surface area (Å²) in [4.78, 5) is 19.6. The van der Waals surface area contributed by atoms with Crippen molar-refractivity contribution in [2.75, 3.05) is 10.6 Å². The molecule has 2 aromatic heterocycles. The van der Waals surface area contributed by atoms with Crippen LogP contribution in [0.3, 0.4) is 0 Å². The Morgan fingerprint density at radius 3 is 2.73 bits per heavy atom. The molecule has 0 aliphatic rings. The van der Waals surface area contributed by atoms with E-state index in [4.69, 9.17) is 0 Å². The molecule has 0 spiro atoms. The number of rotatable bonds is 4. The number of aromatic nitrogens is 2. The predicted molar refractivity (Wildman–Crippen MR) is 94.5 cm³/mol. The highest BCUT2D eigenvalue weighted by Gasteiger charge is 2.38. The first kappa shape index (κ1) is 17.9. The van der Waals surface area contributed by atoms with Gasteiger partial charge < -0.3 is 10.6 Å². The number of benzene rings is 1. The number of pyridine rings is 1. The summed E-state index contributed by atoms with van der Waals surface area (Å²) in [6, 6.07) is 8.14. The summed E-state index contributed by atoms with van der Waals surface area (Å²) in [5.41, 5.74) is 3.00. The van der Waals surface area contributed by atoms with Gasteiger partial charge in [-0.25, -0.2) is 4.98 Å². The molecule has 1 amide bonds. The second kappa shape index (κ2) is 7.12. The van der Waals surface area contributed by atoms with Crippen molar-refractivity contribution in [3.63, 3.8) is 0 Å². The summed E-state index contributed by atoms with van der Waals surface area (Å²) < 4.78 is 37.2. The maximum absolute atomic E-state index is 12.4. The number of halogens is 3. The van der Waals surface area contributed by atoms with Crippen LogP contribution in [0.2, 0.25) is 0 Å². The fraction of sp³-hybridized carbons (Fsp3) is 0.118. The molecule has 2 heterocycles. The number of nitrogens with zero attached hydrogens (tertiary/aromatic N) is 2. The molecule has 0 fully saturated rings. The third kappa shape index (κ3) is 4.17. The molecule has 0 aliphatic carbocycles. The molecular formula is C17H13F3N4OS. The second-order valence-electron chi connectivity index (χ2n) is 5.39. The molecule has 3 aromatic rings. The van der Waals surface area contributed by atoms with Gasteiger partial charge in [0.25, 0.3) is 0 Å². The summed E-state index contributed by atoms with van der Waals surface area (Å²) in [5, 5.41) is 7.33. The lowest BCUT2D eigenvalue weighted by Gasteiger charge is -2.12. The molecule has 0 aliphatic heterocycles. The molecule has 9 heteroatoms. The van der Waals surface area contributed by atoms with Crippen molar-refractivity contribution in [3.05, 3.63) is 53.7 Å². The predicted octanol–water partition coefficient (Wildman–Crippen LogP) is 4.76. The highest BCUT2D eigenvalue weighted by Crippen LogP contribution is 2.29. The van der Waals surface area contributed by atoms with Gasteiger partial charge in [0, 0.05) is 34.7 Å². The largest absolute Gasteiger partial charge is 0.471 e.